The summed E-state index contributed by atoms with van der Waals surface area (Å²) in [5.41, 5.74) is 14.0. The SMILES string of the molecule is Nc1cc(Br)ccc1[C@@H](N)C1CCC1. The lowest BCUT2D eigenvalue weighted by molar-refractivity contribution is 0.265. The van der Waals surface area contributed by atoms with Crippen LogP contribution in [0.25, 0.3) is 0 Å². The van der Waals surface area contributed by atoms with Gasteiger partial charge in [-0.15, -0.1) is 0 Å². The number of halogens is 1. The van der Waals surface area contributed by atoms with Crippen LogP contribution in [0, 0.1) is 5.92 Å². The molecule has 0 heterocycles. The summed E-state index contributed by atoms with van der Waals surface area (Å²) in [6, 6.07) is 6.08. The maximum Gasteiger partial charge on any atom is 0.0373 e. The van der Waals surface area contributed by atoms with Crippen LogP contribution in [0.4, 0.5) is 5.69 Å². The second kappa shape index (κ2) is 3.91. The molecule has 1 aliphatic rings. The molecule has 4 N–H and O–H groups in total. The van der Waals surface area contributed by atoms with Crippen LogP contribution in [-0.2, 0) is 0 Å². The van der Waals surface area contributed by atoms with Gasteiger partial charge in [0.15, 0.2) is 0 Å². The first-order chi connectivity index (χ1) is 6.68. The van der Waals surface area contributed by atoms with Gasteiger partial charge in [-0.3, -0.25) is 0 Å². The van der Waals surface area contributed by atoms with E-state index in [-0.39, 0.29) is 6.04 Å². The first-order valence-electron chi connectivity index (χ1n) is 4.99. The third kappa shape index (κ3) is 1.79. The second-order valence-corrected chi connectivity index (χ2v) is 4.91. The zero-order chi connectivity index (χ0) is 10.1. The topological polar surface area (TPSA) is 52.0 Å². The minimum atomic E-state index is 0.122. The van der Waals surface area contributed by atoms with E-state index < -0.39 is 0 Å². The Kier molecular flexibility index (Phi) is 2.79. The summed E-state index contributed by atoms with van der Waals surface area (Å²) in [7, 11) is 0. The molecular weight excluding hydrogens is 240 g/mol. The van der Waals surface area contributed by atoms with E-state index in [9.17, 15) is 0 Å². The Balaban J connectivity index is 2.22. The third-order valence-electron chi connectivity index (χ3n) is 3.07. The summed E-state index contributed by atoms with van der Waals surface area (Å²) in [5, 5.41) is 0. The minimum Gasteiger partial charge on any atom is -0.398 e. The fourth-order valence-electron chi connectivity index (χ4n) is 1.90. The predicted octanol–water partition coefficient (Wildman–Crippen LogP) is 2.83. The quantitative estimate of drug-likeness (QED) is 0.798. The van der Waals surface area contributed by atoms with Gasteiger partial charge in [0.1, 0.15) is 0 Å². The molecule has 0 aromatic heterocycles. The van der Waals surface area contributed by atoms with Crippen molar-refractivity contribution in [1.29, 1.82) is 0 Å². The van der Waals surface area contributed by atoms with Crippen LogP contribution in [0.5, 0.6) is 0 Å². The molecule has 0 unspecified atom stereocenters. The van der Waals surface area contributed by atoms with Crippen LogP contribution in [-0.4, -0.2) is 0 Å². The molecule has 2 rings (SSSR count). The van der Waals surface area contributed by atoms with E-state index in [1.165, 1.54) is 19.3 Å². The molecule has 2 nitrogen and oxygen atoms in total. The van der Waals surface area contributed by atoms with Crippen molar-refractivity contribution < 1.29 is 0 Å². The highest BCUT2D eigenvalue weighted by atomic mass is 79.9. The monoisotopic (exact) mass is 254 g/mol. The van der Waals surface area contributed by atoms with Gasteiger partial charge in [0.25, 0.3) is 0 Å². The molecule has 1 aromatic carbocycles. The lowest BCUT2D eigenvalue weighted by Crippen LogP contribution is -2.27. The maximum atomic E-state index is 6.16. The zero-order valence-corrected chi connectivity index (χ0v) is 9.63. The molecule has 1 saturated carbocycles. The van der Waals surface area contributed by atoms with Crippen molar-refractivity contribution in [2.45, 2.75) is 25.3 Å². The smallest absolute Gasteiger partial charge is 0.0373 e. The summed E-state index contributed by atoms with van der Waals surface area (Å²) in [6.07, 6.45) is 3.81. The number of anilines is 1. The van der Waals surface area contributed by atoms with Crippen LogP contribution in [0.3, 0.4) is 0 Å². The van der Waals surface area contributed by atoms with E-state index in [2.05, 4.69) is 15.9 Å². The summed E-state index contributed by atoms with van der Waals surface area (Å²) in [5.74, 6) is 0.637. The van der Waals surface area contributed by atoms with E-state index in [1.54, 1.807) is 0 Å². The Bertz CT molecular complexity index is 334. The van der Waals surface area contributed by atoms with Gasteiger partial charge < -0.3 is 11.5 Å². The standard InChI is InChI=1S/C11H15BrN2/c12-8-4-5-9(10(13)6-8)11(14)7-2-1-3-7/h4-7,11H,1-3,13-14H2/t11-/m0/s1. The summed E-state index contributed by atoms with van der Waals surface area (Å²) < 4.78 is 1.01. The van der Waals surface area contributed by atoms with Crippen molar-refractivity contribution in [2.24, 2.45) is 11.7 Å². The zero-order valence-electron chi connectivity index (χ0n) is 8.04. The normalized spacial score (nSPS) is 19.0. The van der Waals surface area contributed by atoms with Crippen LogP contribution >= 0.6 is 15.9 Å². The third-order valence-corrected chi connectivity index (χ3v) is 3.56. The highest BCUT2D eigenvalue weighted by Crippen LogP contribution is 2.38. The molecular formula is C11H15BrN2. The fraction of sp³-hybridized carbons (Fsp3) is 0.455. The number of hydrogen-bond donors (Lipinski definition) is 2. The van der Waals surface area contributed by atoms with Crippen molar-refractivity contribution in [3.05, 3.63) is 28.2 Å². The second-order valence-electron chi connectivity index (χ2n) is 3.99. The molecule has 0 bridgehead atoms. The summed E-state index contributed by atoms with van der Waals surface area (Å²) >= 11 is 3.39. The van der Waals surface area contributed by atoms with E-state index in [1.807, 2.05) is 18.2 Å². The molecule has 0 aliphatic heterocycles. The molecule has 1 aromatic rings. The highest BCUT2D eigenvalue weighted by Gasteiger charge is 2.26. The van der Waals surface area contributed by atoms with Crippen molar-refractivity contribution in [3.63, 3.8) is 0 Å². The Morgan fingerprint density at radius 2 is 2.07 bits per heavy atom. The highest BCUT2D eigenvalue weighted by molar-refractivity contribution is 9.10. The van der Waals surface area contributed by atoms with Crippen molar-refractivity contribution in [3.8, 4) is 0 Å². The number of nitrogen functional groups attached to an aromatic ring is 1. The van der Waals surface area contributed by atoms with Gasteiger partial charge >= 0.3 is 0 Å². The van der Waals surface area contributed by atoms with E-state index in [4.69, 9.17) is 11.5 Å². The fourth-order valence-corrected chi connectivity index (χ4v) is 2.28. The van der Waals surface area contributed by atoms with Crippen molar-refractivity contribution in [2.75, 3.05) is 5.73 Å². The Morgan fingerprint density at radius 1 is 1.36 bits per heavy atom. The Hall–Kier alpha value is -0.540. The molecule has 1 fully saturated rings. The first kappa shape index (κ1) is 9.99. The van der Waals surface area contributed by atoms with Gasteiger partial charge in [0.05, 0.1) is 0 Å². The molecule has 0 spiro atoms. The van der Waals surface area contributed by atoms with E-state index >= 15 is 0 Å². The van der Waals surface area contributed by atoms with Gasteiger partial charge in [0.2, 0.25) is 0 Å². The number of rotatable bonds is 2. The molecule has 0 amide bonds. The van der Waals surface area contributed by atoms with Crippen LogP contribution < -0.4 is 11.5 Å². The van der Waals surface area contributed by atoms with Gasteiger partial charge in [-0.25, -0.2) is 0 Å². The molecule has 0 saturated heterocycles. The Labute approximate surface area is 92.8 Å². The van der Waals surface area contributed by atoms with E-state index in [0.717, 1.165) is 15.7 Å². The largest absolute Gasteiger partial charge is 0.398 e. The minimum absolute atomic E-state index is 0.122. The first-order valence-corrected chi connectivity index (χ1v) is 5.78. The van der Waals surface area contributed by atoms with Crippen molar-refractivity contribution in [1.82, 2.24) is 0 Å². The maximum absolute atomic E-state index is 6.16. The van der Waals surface area contributed by atoms with Gasteiger partial charge in [-0.05, 0) is 36.5 Å². The molecule has 3 heteroatoms. The molecule has 1 aliphatic carbocycles. The van der Waals surface area contributed by atoms with Gasteiger partial charge in [0, 0.05) is 16.2 Å². The average Bonchev–Trinajstić information content (AvgIpc) is 2.00. The lowest BCUT2D eigenvalue weighted by Gasteiger charge is -2.32. The predicted molar refractivity (Wildman–Crippen MR) is 62.8 cm³/mol. The number of hydrogen-bond acceptors (Lipinski definition) is 2. The van der Waals surface area contributed by atoms with Gasteiger partial charge in [-0.2, -0.15) is 0 Å². The molecule has 76 valence electrons. The summed E-state index contributed by atoms with van der Waals surface area (Å²) in [6.45, 7) is 0. The number of nitrogens with two attached hydrogens (primary N) is 2. The lowest BCUT2D eigenvalue weighted by atomic mass is 9.77. The average molecular weight is 255 g/mol. The van der Waals surface area contributed by atoms with Crippen LogP contribution in [0.1, 0.15) is 30.9 Å². The van der Waals surface area contributed by atoms with Crippen LogP contribution in [0.2, 0.25) is 0 Å². The van der Waals surface area contributed by atoms with Crippen molar-refractivity contribution >= 4 is 21.6 Å². The van der Waals surface area contributed by atoms with E-state index in [0.29, 0.717) is 5.92 Å². The van der Waals surface area contributed by atoms with Crippen LogP contribution in [0.15, 0.2) is 22.7 Å². The number of benzene rings is 1. The molecule has 1 atom stereocenters. The van der Waals surface area contributed by atoms with Gasteiger partial charge in [-0.1, -0.05) is 28.4 Å². The Morgan fingerprint density at radius 3 is 2.57 bits per heavy atom. The summed E-state index contributed by atoms with van der Waals surface area (Å²) in [4.78, 5) is 0. The molecule has 14 heavy (non-hydrogen) atoms. The molecule has 0 radical (unpaired) electrons.